The minimum atomic E-state index is 0.842. The fourth-order valence-electron chi connectivity index (χ4n) is 4.17. The fourth-order valence-corrected chi connectivity index (χ4v) is 4.17. The van der Waals surface area contributed by atoms with Crippen LogP contribution in [-0.4, -0.2) is 0 Å². The maximum atomic E-state index is 2.50. The molecule has 0 aromatic heterocycles. The average molecular weight is 240 g/mol. The van der Waals surface area contributed by atoms with Gasteiger partial charge in [0, 0.05) is 0 Å². The first-order valence-electron chi connectivity index (χ1n) is 7.56. The standard InChI is InChI=1S/C18H24/c1-14-12-17-9-5-8-16(18(17)13-14)11-10-15-6-3-2-4-7-15/h2-4,6-7,10-11,14,16-18H,5,8-9,12-13H2,1H3/b11-10+. The molecule has 1 aromatic rings. The van der Waals surface area contributed by atoms with Crippen molar-refractivity contribution in [3.05, 3.63) is 42.0 Å². The third kappa shape index (κ3) is 2.53. The number of fused-ring (bicyclic) bond motifs is 1. The van der Waals surface area contributed by atoms with E-state index in [9.17, 15) is 0 Å². The van der Waals surface area contributed by atoms with Gasteiger partial charge in [-0.3, -0.25) is 0 Å². The van der Waals surface area contributed by atoms with Crippen molar-refractivity contribution in [2.45, 2.75) is 39.0 Å². The molecule has 2 saturated carbocycles. The van der Waals surface area contributed by atoms with Gasteiger partial charge in [-0.15, -0.1) is 0 Å². The molecule has 1 aromatic carbocycles. The van der Waals surface area contributed by atoms with Crippen molar-refractivity contribution in [2.24, 2.45) is 23.7 Å². The molecule has 0 aliphatic heterocycles. The van der Waals surface area contributed by atoms with E-state index in [0.717, 1.165) is 23.7 Å². The number of allylic oxidation sites excluding steroid dienone is 1. The van der Waals surface area contributed by atoms with Crippen LogP contribution in [0.1, 0.15) is 44.6 Å². The van der Waals surface area contributed by atoms with Gasteiger partial charge in [-0.2, -0.15) is 0 Å². The number of rotatable bonds is 2. The van der Waals surface area contributed by atoms with E-state index in [2.05, 4.69) is 49.4 Å². The molecule has 0 spiro atoms. The molecular weight excluding hydrogens is 216 g/mol. The summed E-state index contributed by atoms with van der Waals surface area (Å²) in [5, 5.41) is 0. The molecule has 0 heterocycles. The number of hydrogen-bond donors (Lipinski definition) is 0. The second-order valence-corrected chi connectivity index (χ2v) is 6.37. The lowest BCUT2D eigenvalue weighted by Crippen LogP contribution is -2.22. The van der Waals surface area contributed by atoms with Crippen molar-refractivity contribution in [2.75, 3.05) is 0 Å². The highest BCUT2D eigenvalue weighted by atomic mass is 14.4. The first kappa shape index (κ1) is 12.0. The van der Waals surface area contributed by atoms with Crippen LogP contribution in [0.2, 0.25) is 0 Å². The molecule has 96 valence electrons. The maximum Gasteiger partial charge on any atom is -0.0199 e. The largest absolute Gasteiger partial charge is 0.0805 e. The summed E-state index contributed by atoms with van der Waals surface area (Å²) in [7, 11) is 0. The minimum absolute atomic E-state index is 0.842. The highest BCUT2D eigenvalue weighted by molar-refractivity contribution is 5.49. The van der Waals surface area contributed by atoms with Gasteiger partial charge in [0.1, 0.15) is 0 Å². The lowest BCUT2D eigenvalue weighted by molar-refractivity contribution is 0.219. The summed E-state index contributed by atoms with van der Waals surface area (Å²) in [6.07, 6.45) is 12.1. The van der Waals surface area contributed by atoms with Crippen molar-refractivity contribution in [1.82, 2.24) is 0 Å². The molecular formula is C18H24. The summed E-state index contributed by atoms with van der Waals surface area (Å²) in [6, 6.07) is 10.7. The summed E-state index contributed by atoms with van der Waals surface area (Å²) >= 11 is 0. The molecule has 18 heavy (non-hydrogen) atoms. The van der Waals surface area contributed by atoms with Crippen LogP contribution in [0.4, 0.5) is 0 Å². The molecule has 0 nitrogen and oxygen atoms in total. The Morgan fingerprint density at radius 2 is 1.89 bits per heavy atom. The van der Waals surface area contributed by atoms with Crippen LogP contribution in [0.5, 0.6) is 0 Å². The van der Waals surface area contributed by atoms with Crippen LogP contribution in [0.25, 0.3) is 6.08 Å². The second-order valence-electron chi connectivity index (χ2n) is 6.37. The Morgan fingerprint density at radius 1 is 1.06 bits per heavy atom. The molecule has 0 saturated heterocycles. The highest BCUT2D eigenvalue weighted by Crippen LogP contribution is 2.48. The van der Waals surface area contributed by atoms with E-state index in [4.69, 9.17) is 0 Å². The molecule has 4 atom stereocenters. The summed E-state index contributed by atoms with van der Waals surface area (Å²) in [4.78, 5) is 0. The third-order valence-corrected chi connectivity index (χ3v) is 4.98. The SMILES string of the molecule is CC1CC2CCCC(/C=C/c3ccccc3)C2C1. The molecule has 0 N–H and O–H groups in total. The average Bonchev–Trinajstić information content (AvgIpc) is 2.78. The zero-order chi connectivity index (χ0) is 12.4. The Labute approximate surface area is 111 Å². The number of hydrogen-bond acceptors (Lipinski definition) is 0. The van der Waals surface area contributed by atoms with Crippen LogP contribution in [0.3, 0.4) is 0 Å². The normalized spacial score (nSPS) is 35.8. The predicted molar refractivity (Wildman–Crippen MR) is 78.2 cm³/mol. The molecule has 3 rings (SSSR count). The highest BCUT2D eigenvalue weighted by Gasteiger charge is 2.38. The molecule has 0 bridgehead atoms. The number of benzene rings is 1. The first-order valence-corrected chi connectivity index (χ1v) is 7.56. The molecule has 2 aliphatic carbocycles. The Balaban J connectivity index is 1.70. The van der Waals surface area contributed by atoms with E-state index in [1.54, 1.807) is 0 Å². The first-order chi connectivity index (χ1) is 8.83. The van der Waals surface area contributed by atoms with Gasteiger partial charge in [-0.25, -0.2) is 0 Å². The van der Waals surface area contributed by atoms with Crippen molar-refractivity contribution in [3.8, 4) is 0 Å². The van der Waals surface area contributed by atoms with Crippen LogP contribution in [0.15, 0.2) is 36.4 Å². The van der Waals surface area contributed by atoms with Crippen LogP contribution < -0.4 is 0 Å². The molecule has 0 heteroatoms. The van der Waals surface area contributed by atoms with E-state index >= 15 is 0 Å². The lowest BCUT2D eigenvalue weighted by atomic mass is 9.73. The molecule has 2 fully saturated rings. The fraction of sp³-hybridized carbons (Fsp3) is 0.556. The van der Waals surface area contributed by atoms with Gasteiger partial charge in [0.2, 0.25) is 0 Å². The predicted octanol–water partition coefficient (Wildman–Crippen LogP) is 5.16. The van der Waals surface area contributed by atoms with Gasteiger partial charge in [0.05, 0.1) is 0 Å². The van der Waals surface area contributed by atoms with Crippen LogP contribution in [0, 0.1) is 23.7 Å². The second kappa shape index (κ2) is 5.30. The van der Waals surface area contributed by atoms with Gasteiger partial charge >= 0.3 is 0 Å². The zero-order valence-corrected chi connectivity index (χ0v) is 11.4. The quantitative estimate of drug-likeness (QED) is 0.669. The Kier molecular flexibility index (Phi) is 3.54. The summed E-state index contributed by atoms with van der Waals surface area (Å²) in [5.41, 5.74) is 1.35. The molecule has 4 unspecified atom stereocenters. The van der Waals surface area contributed by atoms with E-state index < -0.39 is 0 Å². The van der Waals surface area contributed by atoms with Gasteiger partial charge < -0.3 is 0 Å². The Bertz CT molecular complexity index is 403. The van der Waals surface area contributed by atoms with Crippen molar-refractivity contribution in [1.29, 1.82) is 0 Å². The summed E-state index contributed by atoms with van der Waals surface area (Å²) in [6.45, 7) is 2.44. The van der Waals surface area contributed by atoms with E-state index in [0.29, 0.717) is 0 Å². The van der Waals surface area contributed by atoms with Gasteiger partial charge in [-0.05, 0) is 48.5 Å². The van der Waals surface area contributed by atoms with Crippen LogP contribution in [-0.2, 0) is 0 Å². The molecule has 2 aliphatic rings. The summed E-state index contributed by atoms with van der Waals surface area (Å²) in [5.74, 6) is 3.81. The summed E-state index contributed by atoms with van der Waals surface area (Å²) < 4.78 is 0. The van der Waals surface area contributed by atoms with E-state index in [-0.39, 0.29) is 0 Å². The van der Waals surface area contributed by atoms with Crippen molar-refractivity contribution < 1.29 is 0 Å². The van der Waals surface area contributed by atoms with Gasteiger partial charge in [0.25, 0.3) is 0 Å². The maximum absolute atomic E-state index is 2.50. The van der Waals surface area contributed by atoms with Crippen LogP contribution >= 0.6 is 0 Å². The lowest BCUT2D eigenvalue weighted by Gasteiger charge is -2.32. The Morgan fingerprint density at radius 3 is 2.72 bits per heavy atom. The van der Waals surface area contributed by atoms with Gasteiger partial charge in [-0.1, -0.05) is 62.2 Å². The topological polar surface area (TPSA) is 0 Å². The minimum Gasteiger partial charge on any atom is -0.0805 e. The molecule has 0 radical (unpaired) electrons. The third-order valence-electron chi connectivity index (χ3n) is 4.98. The van der Waals surface area contributed by atoms with Crippen molar-refractivity contribution >= 4 is 6.08 Å². The van der Waals surface area contributed by atoms with E-state index in [1.165, 1.54) is 37.7 Å². The molecule has 0 amide bonds. The van der Waals surface area contributed by atoms with E-state index in [1.807, 2.05) is 0 Å². The zero-order valence-electron chi connectivity index (χ0n) is 11.4. The van der Waals surface area contributed by atoms with Gasteiger partial charge in [0.15, 0.2) is 0 Å². The van der Waals surface area contributed by atoms with Crippen molar-refractivity contribution in [3.63, 3.8) is 0 Å². The smallest absolute Gasteiger partial charge is 0.0199 e. The monoisotopic (exact) mass is 240 g/mol. The Hall–Kier alpha value is -1.04.